The topological polar surface area (TPSA) is 71.3 Å². The summed E-state index contributed by atoms with van der Waals surface area (Å²) in [5.74, 6) is 1.25. The Morgan fingerprint density at radius 3 is 2.68 bits per heavy atom. The van der Waals surface area contributed by atoms with Crippen molar-refractivity contribution < 1.29 is 14.3 Å². The Morgan fingerprint density at radius 1 is 1.37 bits per heavy atom. The van der Waals surface area contributed by atoms with Gasteiger partial charge in [0.2, 0.25) is 5.91 Å². The Balaban J connectivity index is 2.78. The van der Waals surface area contributed by atoms with Gasteiger partial charge in [-0.25, -0.2) is 0 Å². The summed E-state index contributed by atoms with van der Waals surface area (Å²) in [6.07, 6.45) is 0.443. The van der Waals surface area contributed by atoms with Crippen LogP contribution in [0.2, 0.25) is 0 Å². The molecule has 0 bridgehead atoms. The quantitative estimate of drug-likeness (QED) is 0.850. The number of carbonyl (C=O) groups is 1. The molecule has 102 valence electrons. The highest BCUT2D eigenvalue weighted by Gasteiger charge is 2.10. The second-order valence-electron chi connectivity index (χ2n) is 4.06. The zero-order valence-electron chi connectivity index (χ0n) is 11.4. The molecular weight excluding hydrogens is 244 g/mol. The fourth-order valence-electron chi connectivity index (χ4n) is 1.72. The summed E-state index contributed by atoms with van der Waals surface area (Å²) in [7, 11) is 3.17. The van der Waals surface area contributed by atoms with Crippen LogP contribution in [0.15, 0.2) is 12.1 Å². The highest BCUT2D eigenvalue weighted by molar-refractivity contribution is 5.76. The number of hydrogen-bond acceptors (Lipinski definition) is 4. The van der Waals surface area contributed by atoms with Crippen LogP contribution in [0, 0.1) is 18.3 Å². The van der Waals surface area contributed by atoms with Crippen molar-refractivity contribution in [2.75, 3.05) is 14.2 Å². The van der Waals surface area contributed by atoms with Crippen LogP contribution in [-0.2, 0) is 11.3 Å². The van der Waals surface area contributed by atoms with Gasteiger partial charge < -0.3 is 14.8 Å². The fourth-order valence-corrected chi connectivity index (χ4v) is 1.72. The Labute approximate surface area is 113 Å². The molecule has 0 aliphatic heterocycles. The Hall–Kier alpha value is -2.22. The van der Waals surface area contributed by atoms with Crippen molar-refractivity contribution in [2.45, 2.75) is 26.3 Å². The third kappa shape index (κ3) is 4.18. The predicted molar refractivity (Wildman–Crippen MR) is 71.0 cm³/mol. The van der Waals surface area contributed by atoms with E-state index in [-0.39, 0.29) is 18.7 Å². The normalized spacial score (nSPS) is 9.58. The molecule has 0 aliphatic rings. The first kappa shape index (κ1) is 14.8. The first-order chi connectivity index (χ1) is 9.12. The Bertz CT molecular complexity index is 492. The van der Waals surface area contributed by atoms with Gasteiger partial charge in [0.1, 0.15) is 11.5 Å². The van der Waals surface area contributed by atoms with Gasteiger partial charge in [-0.2, -0.15) is 5.26 Å². The molecule has 0 aliphatic carbocycles. The summed E-state index contributed by atoms with van der Waals surface area (Å²) in [6.45, 7) is 2.31. The maximum absolute atomic E-state index is 11.5. The predicted octanol–water partition coefficient (Wildman–Crippen LogP) is 1.93. The van der Waals surface area contributed by atoms with Crippen molar-refractivity contribution in [3.05, 3.63) is 23.3 Å². The average Bonchev–Trinajstić information content (AvgIpc) is 2.42. The summed E-state index contributed by atoms with van der Waals surface area (Å²) < 4.78 is 10.5. The molecule has 1 amide bonds. The number of carbonyl (C=O) groups excluding carboxylic acids is 1. The van der Waals surface area contributed by atoms with Crippen LogP contribution in [0.25, 0.3) is 0 Å². The van der Waals surface area contributed by atoms with E-state index in [1.165, 1.54) is 0 Å². The van der Waals surface area contributed by atoms with Gasteiger partial charge in [-0.15, -0.1) is 0 Å². The first-order valence-corrected chi connectivity index (χ1v) is 5.97. The number of nitrogens with zero attached hydrogens (tertiary/aromatic N) is 1. The molecule has 0 heterocycles. The minimum Gasteiger partial charge on any atom is -0.497 e. The molecule has 0 spiro atoms. The van der Waals surface area contributed by atoms with Crippen LogP contribution in [0.3, 0.4) is 0 Å². The largest absolute Gasteiger partial charge is 0.497 e. The number of amides is 1. The van der Waals surface area contributed by atoms with Crippen LogP contribution in [0.5, 0.6) is 11.5 Å². The Morgan fingerprint density at radius 2 is 2.11 bits per heavy atom. The van der Waals surface area contributed by atoms with Gasteiger partial charge in [0.15, 0.2) is 0 Å². The van der Waals surface area contributed by atoms with E-state index in [4.69, 9.17) is 14.7 Å². The van der Waals surface area contributed by atoms with E-state index in [1.54, 1.807) is 20.3 Å². The molecule has 1 N–H and O–H groups in total. The molecule has 0 aromatic heterocycles. The number of nitriles is 1. The van der Waals surface area contributed by atoms with E-state index < -0.39 is 0 Å². The van der Waals surface area contributed by atoms with Crippen LogP contribution in [-0.4, -0.2) is 20.1 Å². The van der Waals surface area contributed by atoms with Crippen LogP contribution in [0.4, 0.5) is 0 Å². The van der Waals surface area contributed by atoms with Crippen molar-refractivity contribution in [1.82, 2.24) is 5.32 Å². The van der Waals surface area contributed by atoms with Crippen molar-refractivity contribution >= 4 is 5.91 Å². The van der Waals surface area contributed by atoms with Crippen molar-refractivity contribution in [3.63, 3.8) is 0 Å². The lowest BCUT2D eigenvalue weighted by Gasteiger charge is -2.14. The molecule has 5 nitrogen and oxygen atoms in total. The molecule has 0 radical (unpaired) electrons. The van der Waals surface area contributed by atoms with Gasteiger partial charge in [0.25, 0.3) is 0 Å². The summed E-state index contributed by atoms with van der Waals surface area (Å²) in [5, 5.41) is 11.2. The van der Waals surface area contributed by atoms with E-state index >= 15 is 0 Å². The van der Waals surface area contributed by atoms with Crippen molar-refractivity contribution in [2.24, 2.45) is 0 Å². The van der Waals surface area contributed by atoms with Crippen molar-refractivity contribution in [1.29, 1.82) is 5.26 Å². The minimum atomic E-state index is -0.140. The number of methoxy groups -OCH3 is 2. The maximum Gasteiger partial charge on any atom is 0.221 e. The molecule has 1 rings (SSSR count). The smallest absolute Gasteiger partial charge is 0.221 e. The standard InChI is InChI=1S/C14H18N2O3/c1-10-7-11(18-2)8-13(19-3)12(10)9-16-14(17)5-4-6-15/h7-8H,4-5,9H2,1-3H3,(H,16,17). The molecule has 19 heavy (non-hydrogen) atoms. The lowest BCUT2D eigenvalue weighted by molar-refractivity contribution is -0.121. The van der Waals surface area contributed by atoms with E-state index in [9.17, 15) is 4.79 Å². The molecular formula is C14H18N2O3. The molecule has 0 fully saturated rings. The molecule has 0 unspecified atom stereocenters. The van der Waals surface area contributed by atoms with E-state index in [2.05, 4.69) is 5.32 Å². The number of aryl methyl sites for hydroxylation is 1. The lowest BCUT2D eigenvalue weighted by atomic mass is 10.1. The summed E-state index contributed by atoms with van der Waals surface area (Å²) in [4.78, 5) is 11.5. The number of rotatable bonds is 6. The monoisotopic (exact) mass is 262 g/mol. The highest BCUT2D eigenvalue weighted by Crippen LogP contribution is 2.28. The second-order valence-corrected chi connectivity index (χ2v) is 4.06. The third-order valence-corrected chi connectivity index (χ3v) is 2.79. The van der Waals surface area contributed by atoms with Gasteiger partial charge in [-0.05, 0) is 18.6 Å². The molecule has 0 saturated heterocycles. The zero-order chi connectivity index (χ0) is 14.3. The summed E-state index contributed by atoms with van der Waals surface area (Å²) >= 11 is 0. The SMILES string of the molecule is COc1cc(C)c(CNC(=O)CCC#N)c(OC)c1. The molecule has 0 atom stereocenters. The zero-order valence-corrected chi connectivity index (χ0v) is 11.4. The number of hydrogen-bond donors (Lipinski definition) is 1. The maximum atomic E-state index is 11.5. The summed E-state index contributed by atoms with van der Waals surface area (Å²) in [6, 6.07) is 5.61. The van der Waals surface area contributed by atoms with Crippen molar-refractivity contribution in [3.8, 4) is 17.6 Å². The molecule has 1 aromatic rings. The van der Waals surface area contributed by atoms with Crippen LogP contribution < -0.4 is 14.8 Å². The fraction of sp³-hybridized carbons (Fsp3) is 0.429. The molecule has 5 heteroatoms. The van der Waals surface area contributed by atoms with E-state index in [0.717, 1.165) is 11.1 Å². The summed E-state index contributed by atoms with van der Waals surface area (Å²) in [5.41, 5.74) is 1.89. The van der Waals surface area contributed by atoms with Gasteiger partial charge in [-0.3, -0.25) is 4.79 Å². The minimum absolute atomic E-state index is 0.140. The van der Waals surface area contributed by atoms with E-state index in [0.29, 0.717) is 18.0 Å². The Kier molecular flexibility index (Phi) is 5.68. The molecule has 0 saturated carbocycles. The number of benzene rings is 1. The lowest BCUT2D eigenvalue weighted by Crippen LogP contribution is -2.23. The molecule has 1 aromatic carbocycles. The van der Waals surface area contributed by atoms with Gasteiger partial charge >= 0.3 is 0 Å². The highest BCUT2D eigenvalue weighted by atomic mass is 16.5. The number of nitrogens with one attached hydrogen (secondary N) is 1. The second kappa shape index (κ2) is 7.27. The average molecular weight is 262 g/mol. The third-order valence-electron chi connectivity index (χ3n) is 2.79. The van der Waals surface area contributed by atoms with Gasteiger partial charge in [-0.1, -0.05) is 0 Å². The number of ether oxygens (including phenoxy) is 2. The van der Waals surface area contributed by atoms with E-state index in [1.807, 2.05) is 19.1 Å². The van der Waals surface area contributed by atoms with Crippen LogP contribution in [0.1, 0.15) is 24.0 Å². The first-order valence-electron chi connectivity index (χ1n) is 5.97. The van der Waals surface area contributed by atoms with Gasteiger partial charge in [0, 0.05) is 31.0 Å². The van der Waals surface area contributed by atoms with Crippen LogP contribution >= 0.6 is 0 Å². The van der Waals surface area contributed by atoms with Gasteiger partial charge in [0.05, 0.1) is 20.3 Å².